The van der Waals surface area contributed by atoms with Crippen LogP contribution in [0, 0.1) is 6.92 Å². The minimum Gasteiger partial charge on any atom is -0.328 e. The molecular formula is C14H18N2S. The summed E-state index contributed by atoms with van der Waals surface area (Å²) in [7, 11) is 0. The fourth-order valence-corrected chi connectivity index (χ4v) is 2.68. The van der Waals surface area contributed by atoms with E-state index >= 15 is 0 Å². The van der Waals surface area contributed by atoms with Crippen LogP contribution in [0.4, 0.5) is 0 Å². The first kappa shape index (κ1) is 12.3. The Morgan fingerprint density at radius 1 is 1.35 bits per heavy atom. The normalized spacial score (nSPS) is 12.6. The Labute approximate surface area is 107 Å². The first-order valence-corrected chi connectivity index (χ1v) is 6.81. The molecule has 0 fully saturated rings. The van der Waals surface area contributed by atoms with Gasteiger partial charge in [0.1, 0.15) is 5.01 Å². The van der Waals surface area contributed by atoms with Crippen molar-refractivity contribution in [2.24, 2.45) is 5.73 Å². The van der Waals surface area contributed by atoms with Crippen LogP contribution >= 0.6 is 11.3 Å². The minimum absolute atomic E-state index is 0.249. The zero-order valence-electron chi connectivity index (χ0n) is 10.3. The van der Waals surface area contributed by atoms with Crippen molar-refractivity contribution >= 4 is 11.3 Å². The number of aromatic nitrogens is 1. The third-order valence-electron chi connectivity index (χ3n) is 2.78. The molecule has 90 valence electrons. The van der Waals surface area contributed by atoms with Gasteiger partial charge in [-0.2, -0.15) is 0 Å². The highest BCUT2D eigenvalue weighted by atomic mass is 32.1. The second-order valence-electron chi connectivity index (χ2n) is 4.47. The average molecular weight is 246 g/mol. The Kier molecular flexibility index (Phi) is 3.92. The predicted octanol–water partition coefficient (Wildman–Crippen LogP) is 3.40. The Bertz CT molecular complexity index is 488. The van der Waals surface area contributed by atoms with Crippen LogP contribution in [0.5, 0.6) is 0 Å². The lowest BCUT2D eigenvalue weighted by Crippen LogP contribution is -2.15. The van der Waals surface area contributed by atoms with E-state index in [9.17, 15) is 0 Å². The molecule has 1 atom stereocenters. The molecule has 2 nitrogen and oxygen atoms in total. The van der Waals surface area contributed by atoms with Crippen LogP contribution in [-0.4, -0.2) is 11.0 Å². The van der Waals surface area contributed by atoms with E-state index in [1.54, 1.807) is 11.3 Å². The van der Waals surface area contributed by atoms with Gasteiger partial charge in [0.25, 0.3) is 0 Å². The van der Waals surface area contributed by atoms with Crippen molar-refractivity contribution in [3.63, 3.8) is 0 Å². The summed E-state index contributed by atoms with van der Waals surface area (Å²) in [6.45, 7) is 4.16. The smallest absolute Gasteiger partial charge is 0.123 e. The molecule has 3 heteroatoms. The van der Waals surface area contributed by atoms with Gasteiger partial charge in [-0.15, -0.1) is 11.3 Å². The largest absolute Gasteiger partial charge is 0.328 e. The average Bonchev–Trinajstić information content (AvgIpc) is 2.75. The van der Waals surface area contributed by atoms with Crippen LogP contribution in [0.15, 0.2) is 29.6 Å². The van der Waals surface area contributed by atoms with Crippen molar-refractivity contribution < 1.29 is 0 Å². The van der Waals surface area contributed by atoms with Crippen molar-refractivity contribution in [2.75, 3.05) is 0 Å². The lowest BCUT2D eigenvalue weighted by atomic mass is 10.1. The standard InChI is InChI=1S/C14H18N2S/c1-10-5-3-4-6-13(10)14-16-12(9-17-14)8-7-11(2)15/h3-6,9,11H,7-8,15H2,1-2H3. The Balaban J connectivity index is 2.16. The molecule has 0 aliphatic heterocycles. The van der Waals surface area contributed by atoms with E-state index < -0.39 is 0 Å². The molecule has 2 rings (SSSR count). The van der Waals surface area contributed by atoms with Gasteiger partial charge in [0, 0.05) is 17.0 Å². The molecule has 1 heterocycles. The fraction of sp³-hybridized carbons (Fsp3) is 0.357. The molecule has 0 aliphatic carbocycles. The molecule has 0 radical (unpaired) electrons. The van der Waals surface area contributed by atoms with Crippen LogP contribution in [0.25, 0.3) is 10.6 Å². The Morgan fingerprint density at radius 3 is 2.82 bits per heavy atom. The predicted molar refractivity (Wildman–Crippen MR) is 74.3 cm³/mol. The Morgan fingerprint density at radius 2 is 2.12 bits per heavy atom. The van der Waals surface area contributed by atoms with Crippen molar-refractivity contribution in [1.82, 2.24) is 4.98 Å². The van der Waals surface area contributed by atoms with Gasteiger partial charge in [-0.05, 0) is 32.3 Å². The van der Waals surface area contributed by atoms with E-state index in [2.05, 4.69) is 41.6 Å². The van der Waals surface area contributed by atoms with Crippen molar-refractivity contribution in [1.29, 1.82) is 0 Å². The number of benzene rings is 1. The lowest BCUT2D eigenvalue weighted by Gasteiger charge is -2.02. The molecule has 17 heavy (non-hydrogen) atoms. The van der Waals surface area contributed by atoms with E-state index in [1.165, 1.54) is 11.1 Å². The van der Waals surface area contributed by atoms with Gasteiger partial charge in [-0.25, -0.2) is 4.98 Å². The zero-order chi connectivity index (χ0) is 12.3. The molecule has 0 saturated carbocycles. The number of nitrogens with zero attached hydrogens (tertiary/aromatic N) is 1. The van der Waals surface area contributed by atoms with Crippen LogP contribution in [0.2, 0.25) is 0 Å². The SMILES string of the molecule is Cc1ccccc1-c1nc(CCC(C)N)cs1. The van der Waals surface area contributed by atoms with E-state index in [1.807, 2.05) is 6.92 Å². The first-order chi connectivity index (χ1) is 8.16. The number of hydrogen-bond acceptors (Lipinski definition) is 3. The van der Waals surface area contributed by atoms with Crippen LogP contribution in [0.3, 0.4) is 0 Å². The quantitative estimate of drug-likeness (QED) is 0.898. The van der Waals surface area contributed by atoms with Gasteiger partial charge in [-0.3, -0.25) is 0 Å². The molecule has 2 aromatic rings. The maximum Gasteiger partial charge on any atom is 0.123 e. The third kappa shape index (κ3) is 3.14. The first-order valence-electron chi connectivity index (χ1n) is 5.93. The van der Waals surface area contributed by atoms with E-state index in [4.69, 9.17) is 5.73 Å². The molecule has 0 spiro atoms. The van der Waals surface area contributed by atoms with E-state index in [0.29, 0.717) is 0 Å². The van der Waals surface area contributed by atoms with E-state index in [0.717, 1.165) is 23.5 Å². The molecular weight excluding hydrogens is 228 g/mol. The second kappa shape index (κ2) is 5.43. The van der Waals surface area contributed by atoms with Gasteiger partial charge in [0.05, 0.1) is 5.69 Å². The highest BCUT2D eigenvalue weighted by Crippen LogP contribution is 2.26. The molecule has 1 aromatic carbocycles. The number of rotatable bonds is 4. The maximum absolute atomic E-state index is 5.76. The van der Waals surface area contributed by atoms with Crippen LogP contribution < -0.4 is 5.73 Å². The Hall–Kier alpha value is -1.19. The molecule has 0 aliphatic rings. The van der Waals surface area contributed by atoms with Gasteiger partial charge >= 0.3 is 0 Å². The highest BCUT2D eigenvalue weighted by molar-refractivity contribution is 7.13. The fourth-order valence-electron chi connectivity index (χ4n) is 1.73. The van der Waals surface area contributed by atoms with Crippen molar-refractivity contribution in [2.45, 2.75) is 32.7 Å². The molecule has 1 aromatic heterocycles. The number of thiazole rings is 1. The topological polar surface area (TPSA) is 38.9 Å². The summed E-state index contributed by atoms with van der Waals surface area (Å²) in [6.07, 6.45) is 1.97. The van der Waals surface area contributed by atoms with Crippen LogP contribution in [-0.2, 0) is 6.42 Å². The van der Waals surface area contributed by atoms with Crippen molar-refractivity contribution in [3.05, 3.63) is 40.9 Å². The number of hydrogen-bond donors (Lipinski definition) is 1. The lowest BCUT2D eigenvalue weighted by molar-refractivity contribution is 0.660. The van der Waals surface area contributed by atoms with Gasteiger partial charge in [0.2, 0.25) is 0 Å². The monoisotopic (exact) mass is 246 g/mol. The summed E-state index contributed by atoms with van der Waals surface area (Å²) in [5, 5.41) is 3.26. The third-order valence-corrected chi connectivity index (χ3v) is 3.71. The second-order valence-corrected chi connectivity index (χ2v) is 5.33. The zero-order valence-corrected chi connectivity index (χ0v) is 11.1. The van der Waals surface area contributed by atoms with E-state index in [-0.39, 0.29) is 6.04 Å². The molecule has 0 saturated heterocycles. The summed E-state index contributed by atoms with van der Waals surface area (Å²) in [5.74, 6) is 0. The number of nitrogens with two attached hydrogens (primary N) is 1. The molecule has 1 unspecified atom stereocenters. The summed E-state index contributed by atoms with van der Waals surface area (Å²) < 4.78 is 0. The number of aryl methyl sites for hydroxylation is 2. The van der Waals surface area contributed by atoms with Crippen molar-refractivity contribution in [3.8, 4) is 10.6 Å². The maximum atomic E-state index is 5.76. The highest BCUT2D eigenvalue weighted by Gasteiger charge is 2.07. The molecule has 2 N–H and O–H groups in total. The summed E-state index contributed by atoms with van der Waals surface area (Å²) in [4.78, 5) is 4.68. The summed E-state index contributed by atoms with van der Waals surface area (Å²) in [5.41, 5.74) is 9.43. The minimum atomic E-state index is 0.249. The summed E-state index contributed by atoms with van der Waals surface area (Å²) in [6, 6.07) is 8.62. The molecule has 0 amide bonds. The van der Waals surface area contributed by atoms with Gasteiger partial charge in [0.15, 0.2) is 0 Å². The molecule has 0 bridgehead atoms. The van der Waals surface area contributed by atoms with Gasteiger partial charge in [-0.1, -0.05) is 24.3 Å². The summed E-state index contributed by atoms with van der Waals surface area (Å²) >= 11 is 1.72. The van der Waals surface area contributed by atoms with Gasteiger partial charge < -0.3 is 5.73 Å². The van der Waals surface area contributed by atoms with Crippen LogP contribution in [0.1, 0.15) is 24.6 Å².